The number of aromatic nitrogens is 4. The molecule has 306 valence electrons. The van der Waals surface area contributed by atoms with Crippen LogP contribution in [0.1, 0.15) is 5.56 Å². The third-order valence-corrected chi connectivity index (χ3v) is 6.20. The summed E-state index contributed by atoms with van der Waals surface area (Å²) in [5, 5.41) is 42.0. The number of carbonyl (C=O) groups is 4. The summed E-state index contributed by atoms with van der Waals surface area (Å²) in [5.41, 5.74) is 5.39. The minimum atomic E-state index is -5.08. The molecular formula is C28H17Cl2F12N5O9. The van der Waals surface area contributed by atoms with E-state index in [1.165, 1.54) is 0 Å². The van der Waals surface area contributed by atoms with E-state index in [4.69, 9.17) is 67.8 Å². The van der Waals surface area contributed by atoms with Gasteiger partial charge >= 0.3 is 48.6 Å². The van der Waals surface area contributed by atoms with Crippen LogP contribution in [0.15, 0.2) is 48.9 Å². The molecule has 28 heteroatoms. The Morgan fingerprint density at radius 3 is 1.50 bits per heavy atom. The van der Waals surface area contributed by atoms with E-state index < -0.39 is 48.6 Å². The van der Waals surface area contributed by atoms with Gasteiger partial charge in [0, 0.05) is 23.5 Å². The number of hydrogen-bond donors (Lipinski definition) is 7. The lowest BCUT2D eigenvalue weighted by molar-refractivity contribution is -0.193. The number of aromatic amines is 1. The van der Waals surface area contributed by atoms with Crippen LogP contribution >= 0.6 is 23.2 Å². The Bertz CT molecular complexity index is 1860. The van der Waals surface area contributed by atoms with Gasteiger partial charge in [-0.3, -0.25) is 4.98 Å². The number of halogens is 14. The van der Waals surface area contributed by atoms with Crippen LogP contribution < -0.4 is 5.32 Å². The first-order chi connectivity index (χ1) is 25.4. The van der Waals surface area contributed by atoms with Crippen LogP contribution in [-0.4, -0.2) is 94.1 Å². The molecule has 0 aliphatic carbocycles. The molecule has 56 heavy (non-hydrogen) atoms. The van der Waals surface area contributed by atoms with E-state index in [1.54, 1.807) is 30.7 Å². The Balaban J connectivity index is 0.000000457. The van der Waals surface area contributed by atoms with E-state index >= 15 is 0 Å². The molecule has 0 unspecified atom stereocenters. The van der Waals surface area contributed by atoms with Crippen molar-refractivity contribution in [3.05, 3.63) is 64.5 Å². The Hall–Kier alpha value is -5.89. The second-order valence-corrected chi connectivity index (χ2v) is 10.4. The summed E-state index contributed by atoms with van der Waals surface area (Å²) < 4.78 is 127. The summed E-state index contributed by atoms with van der Waals surface area (Å²) in [7, 11) is 0. The maximum Gasteiger partial charge on any atom is 0.490 e. The summed E-state index contributed by atoms with van der Waals surface area (Å²) in [6, 6.07) is 9.10. The van der Waals surface area contributed by atoms with Crippen LogP contribution in [0.4, 0.5) is 64.2 Å². The Kier molecular flexibility index (Phi) is 16.4. The smallest absolute Gasteiger partial charge is 0.475 e. The third kappa shape index (κ3) is 14.4. The van der Waals surface area contributed by atoms with E-state index in [1.807, 2.05) is 18.2 Å². The van der Waals surface area contributed by atoms with Crippen molar-refractivity contribution < 1.29 is 97.4 Å². The van der Waals surface area contributed by atoms with Crippen molar-refractivity contribution in [1.82, 2.24) is 19.9 Å². The normalized spacial score (nSPS) is 11.6. The molecule has 1 aliphatic rings. The maximum atomic E-state index is 10.6. The fraction of sp³-hybridized carbons (Fsp3) is 0.179. The fourth-order valence-electron chi connectivity index (χ4n) is 3.36. The lowest BCUT2D eigenvalue weighted by Gasteiger charge is -2.09. The highest BCUT2D eigenvalue weighted by molar-refractivity contribution is 6.39. The van der Waals surface area contributed by atoms with Crippen molar-refractivity contribution in [2.45, 2.75) is 31.3 Å². The molecule has 1 aliphatic heterocycles. The summed E-state index contributed by atoms with van der Waals surface area (Å²) in [6.45, 7) is -0.139. The van der Waals surface area contributed by atoms with Crippen LogP contribution in [0, 0.1) is 0 Å². The number of pyridine rings is 2. The zero-order valence-corrected chi connectivity index (χ0v) is 27.8. The van der Waals surface area contributed by atoms with E-state index in [0.29, 0.717) is 32.8 Å². The molecule has 0 amide bonds. The van der Waals surface area contributed by atoms with Crippen LogP contribution in [0.3, 0.4) is 0 Å². The van der Waals surface area contributed by atoms with Crippen molar-refractivity contribution in [2.75, 3.05) is 5.32 Å². The van der Waals surface area contributed by atoms with Gasteiger partial charge in [0.2, 0.25) is 0 Å². The number of nitrogens with one attached hydrogen (secondary N) is 2. The molecule has 0 saturated heterocycles. The number of rotatable bonds is 2. The lowest BCUT2D eigenvalue weighted by Crippen LogP contribution is -2.21. The van der Waals surface area contributed by atoms with Gasteiger partial charge < -0.3 is 35.8 Å². The molecule has 7 N–H and O–H groups in total. The first kappa shape index (κ1) is 48.1. The molecule has 4 aromatic rings. The maximum absolute atomic E-state index is 10.6. The number of carboxylic acid groups (broad SMARTS) is 4. The fourth-order valence-corrected chi connectivity index (χ4v) is 4.07. The first-order valence-electron chi connectivity index (χ1n) is 13.5. The van der Waals surface area contributed by atoms with Crippen LogP contribution in [-0.2, 0) is 25.8 Å². The molecule has 0 saturated carbocycles. The molecule has 0 spiro atoms. The number of benzene rings is 1. The van der Waals surface area contributed by atoms with Crippen molar-refractivity contribution in [1.29, 1.82) is 0 Å². The van der Waals surface area contributed by atoms with E-state index in [2.05, 4.69) is 20.3 Å². The number of H-pyrrole nitrogens is 1. The predicted octanol–water partition coefficient (Wildman–Crippen LogP) is 7.59. The summed E-state index contributed by atoms with van der Waals surface area (Å²) >= 11 is 12.9. The highest BCUT2D eigenvalue weighted by Crippen LogP contribution is 2.44. The van der Waals surface area contributed by atoms with Crippen molar-refractivity contribution in [3.8, 4) is 33.9 Å². The van der Waals surface area contributed by atoms with Crippen molar-refractivity contribution in [2.24, 2.45) is 0 Å². The summed E-state index contributed by atoms with van der Waals surface area (Å²) in [4.78, 5) is 52.4. The third-order valence-electron chi connectivity index (χ3n) is 5.60. The average Bonchev–Trinajstić information content (AvgIpc) is 3.43. The van der Waals surface area contributed by atoms with Gasteiger partial charge in [-0.2, -0.15) is 52.7 Å². The van der Waals surface area contributed by atoms with Crippen molar-refractivity contribution in [3.63, 3.8) is 0 Å². The summed E-state index contributed by atoms with van der Waals surface area (Å²) in [5.74, 6) is -9.79. The van der Waals surface area contributed by atoms with Gasteiger partial charge in [-0.1, -0.05) is 23.2 Å². The minimum absolute atomic E-state index is 0.139. The minimum Gasteiger partial charge on any atom is -0.475 e. The number of aliphatic hydroxyl groups is 1. The average molecular weight is 866 g/mol. The highest BCUT2D eigenvalue weighted by atomic mass is 35.5. The van der Waals surface area contributed by atoms with Crippen LogP contribution in [0.2, 0.25) is 10.0 Å². The molecule has 0 bridgehead atoms. The largest absolute Gasteiger partial charge is 0.490 e. The van der Waals surface area contributed by atoms with Gasteiger partial charge in [0.25, 0.3) is 0 Å². The number of nitrogens with zero attached hydrogens (tertiary/aromatic N) is 3. The van der Waals surface area contributed by atoms with Crippen molar-refractivity contribution >= 4 is 58.6 Å². The molecule has 3 aromatic heterocycles. The van der Waals surface area contributed by atoms with Crippen LogP contribution in [0.5, 0.6) is 0 Å². The number of aliphatic hydroxyl groups excluding tert-OH is 1. The molecule has 14 nitrogen and oxygen atoms in total. The molecule has 0 radical (unpaired) electrons. The number of alkyl halides is 12. The number of anilines is 2. The Labute approximate surface area is 311 Å². The standard InChI is InChI=1S/C20H13Cl2N5O.4C2HF3O2/c21-13-6-10(9-28)7-14(22)16(13)20-26-17-11-3-5-23-8-15(11)25-19-12(18(17)27-20)2-1-4-24-19;4*3-2(4,5)1(6)7/h1-8,28H,9H2,(H,24,25)(H,26,27);4*(H,6,7). The second-order valence-electron chi connectivity index (χ2n) is 9.56. The van der Waals surface area contributed by atoms with Crippen LogP contribution in [0.25, 0.3) is 33.9 Å². The monoisotopic (exact) mass is 865 g/mol. The van der Waals surface area contributed by atoms with Gasteiger partial charge in [0.15, 0.2) is 0 Å². The van der Waals surface area contributed by atoms with Gasteiger partial charge in [-0.05, 0) is 35.9 Å². The molecule has 5 rings (SSSR count). The number of aliphatic carboxylic acids is 4. The molecule has 0 fully saturated rings. The number of hydrogen-bond acceptors (Lipinski definition) is 9. The number of imidazole rings is 1. The van der Waals surface area contributed by atoms with E-state index in [0.717, 1.165) is 28.2 Å². The molecule has 4 heterocycles. The van der Waals surface area contributed by atoms with Gasteiger partial charge in [0.1, 0.15) is 17.3 Å². The Morgan fingerprint density at radius 1 is 0.679 bits per heavy atom. The first-order valence-corrected chi connectivity index (χ1v) is 14.2. The zero-order chi connectivity index (χ0) is 43.6. The Morgan fingerprint density at radius 2 is 1.11 bits per heavy atom. The van der Waals surface area contributed by atoms with E-state index in [9.17, 15) is 57.8 Å². The molecular weight excluding hydrogens is 849 g/mol. The summed E-state index contributed by atoms with van der Waals surface area (Å²) in [6.07, 6.45) is -15.1. The second kappa shape index (κ2) is 19.1. The number of fused-ring (bicyclic) bond motifs is 5. The predicted molar refractivity (Wildman–Crippen MR) is 164 cm³/mol. The quantitative estimate of drug-likeness (QED) is 0.0849. The zero-order valence-electron chi connectivity index (χ0n) is 26.3. The number of carboxylic acids is 4. The van der Waals surface area contributed by atoms with Gasteiger partial charge in [-0.15, -0.1) is 0 Å². The van der Waals surface area contributed by atoms with E-state index in [-0.39, 0.29) is 6.61 Å². The van der Waals surface area contributed by atoms with Gasteiger partial charge in [-0.25, -0.2) is 29.1 Å². The molecule has 1 aromatic carbocycles. The SMILES string of the molecule is O=C(O)C(F)(F)F.O=C(O)C(F)(F)F.O=C(O)C(F)(F)F.O=C(O)C(F)(F)F.OCc1cc(Cl)c(-c2nc3c([nH]2)-c2ccncc2Nc2ncccc2-3)c(Cl)c1. The lowest BCUT2D eigenvalue weighted by atomic mass is 10.1. The topological polar surface area (TPSA) is 236 Å². The molecule has 0 atom stereocenters. The van der Waals surface area contributed by atoms with Gasteiger partial charge in [0.05, 0.1) is 39.8 Å². The highest BCUT2D eigenvalue weighted by Gasteiger charge is 2.40.